The van der Waals surface area contributed by atoms with Crippen molar-refractivity contribution in [2.45, 2.75) is 97.4 Å². The van der Waals surface area contributed by atoms with Crippen molar-refractivity contribution in [2.24, 2.45) is 23.7 Å². The molecule has 13 heteroatoms. The Hall–Kier alpha value is -5.20. The van der Waals surface area contributed by atoms with Crippen molar-refractivity contribution in [3.63, 3.8) is 0 Å². The molecule has 1 amide bonds. The zero-order valence-corrected chi connectivity index (χ0v) is 32.9. The molecule has 1 aliphatic carbocycles. The number of benzene rings is 3. The molecule has 0 spiro atoms. The van der Waals surface area contributed by atoms with E-state index in [4.69, 9.17) is 9.47 Å². The Labute approximate surface area is 329 Å². The number of hydrogen-bond donors (Lipinski definition) is 3. The summed E-state index contributed by atoms with van der Waals surface area (Å²) in [5.74, 6) is -5.07. The number of para-hydroxylation sites is 1. The number of halogens is 4. The number of ether oxygens (including phenoxy) is 2. The summed E-state index contributed by atoms with van der Waals surface area (Å²) in [6.07, 6.45) is -4.46. The fourth-order valence-electron chi connectivity index (χ4n) is 7.74. The standard InChI is InChI=1S/C44H50F4N2O7/c1-6-25(3)31(21-29(51)20-28-11-8-9-14-35(28)45)41(54)50-43(18-17-36-33(23-43)30-12-10-13-34(40(30)49-36)44(46,47)48)39(53)22-32(26(4)7-2)42(55)57-24-27-15-16-38(56-5)37(52)19-27/h8-16,19,25-26,31-32,49,52H,6-7,17-18,20-24H2,1-5H3,(H,50,54)/t25?,26?,31-,32+,43+/m0/s1. The zero-order chi connectivity index (χ0) is 41.7. The average molecular weight is 795 g/mol. The van der Waals surface area contributed by atoms with E-state index < -0.39 is 52.6 Å². The van der Waals surface area contributed by atoms with Crippen molar-refractivity contribution in [3.05, 3.63) is 94.4 Å². The lowest BCUT2D eigenvalue weighted by Crippen LogP contribution is -2.60. The van der Waals surface area contributed by atoms with Crippen LogP contribution in [0, 0.1) is 29.5 Å². The minimum atomic E-state index is -4.65. The average Bonchev–Trinajstić information content (AvgIpc) is 3.55. The summed E-state index contributed by atoms with van der Waals surface area (Å²) in [5.41, 5.74) is -0.982. The van der Waals surface area contributed by atoms with Crippen molar-refractivity contribution >= 4 is 34.3 Å². The quantitative estimate of drug-likeness (QED) is 0.0720. The molecule has 306 valence electrons. The fraction of sp³-hybridized carbons (Fsp3) is 0.455. The van der Waals surface area contributed by atoms with Gasteiger partial charge in [0.05, 0.1) is 24.1 Å². The first-order valence-corrected chi connectivity index (χ1v) is 19.3. The number of methoxy groups -OCH3 is 1. The molecule has 0 radical (unpaired) electrons. The van der Waals surface area contributed by atoms with Gasteiger partial charge >= 0.3 is 12.1 Å². The molecule has 1 aromatic heterocycles. The van der Waals surface area contributed by atoms with Gasteiger partial charge in [-0.3, -0.25) is 19.2 Å². The third-order valence-corrected chi connectivity index (χ3v) is 11.6. The Kier molecular flexibility index (Phi) is 13.5. The number of esters is 1. The van der Waals surface area contributed by atoms with Crippen molar-refractivity contribution in [1.29, 1.82) is 0 Å². The van der Waals surface area contributed by atoms with E-state index >= 15 is 0 Å². The molecule has 9 nitrogen and oxygen atoms in total. The van der Waals surface area contributed by atoms with E-state index in [1.54, 1.807) is 25.1 Å². The minimum absolute atomic E-state index is 0.0164. The number of aromatic nitrogens is 1. The third-order valence-electron chi connectivity index (χ3n) is 11.6. The summed E-state index contributed by atoms with van der Waals surface area (Å²) in [7, 11) is 1.40. The first kappa shape index (κ1) is 42.9. The lowest BCUT2D eigenvalue weighted by atomic mass is 9.72. The number of phenolic OH excluding ortho intramolecular Hbond substituents is 1. The highest BCUT2D eigenvalue weighted by Crippen LogP contribution is 2.41. The molecule has 0 saturated heterocycles. The minimum Gasteiger partial charge on any atom is -0.504 e. The van der Waals surface area contributed by atoms with Gasteiger partial charge in [0.1, 0.15) is 23.7 Å². The summed E-state index contributed by atoms with van der Waals surface area (Å²) in [6, 6.07) is 14.3. The molecular weight excluding hydrogens is 744 g/mol. The molecule has 57 heavy (non-hydrogen) atoms. The predicted octanol–water partition coefficient (Wildman–Crippen LogP) is 8.61. The molecule has 4 aromatic rings. The van der Waals surface area contributed by atoms with Crippen LogP contribution in [-0.2, 0) is 56.0 Å². The van der Waals surface area contributed by atoms with Crippen LogP contribution in [0.5, 0.6) is 11.5 Å². The van der Waals surface area contributed by atoms with E-state index in [0.29, 0.717) is 29.7 Å². The Bertz CT molecular complexity index is 2110. The normalized spacial score (nSPS) is 17.6. The van der Waals surface area contributed by atoms with Crippen molar-refractivity contribution in [1.82, 2.24) is 10.3 Å². The number of aromatic hydroxyl groups is 1. The molecule has 3 aromatic carbocycles. The topological polar surface area (TPSA) is 135 Å². The molecule has 5 atom stereocenters. The van der Waals surface area contributed by atoms with Gasteiger partial charge < -0.3 is 24.9 Å². The van der Waals surface area contributed by atoms with Crippen LogP contribution in [0.2, 0.25) is 0 Å². The van der Waals surface area contributed by atoms with Gasteiger partial charge in [-0.25, -0.2) is 4.39 Å². The Morgan fingerprint density at radius 2 is 1.65 bits per heavy atom. The van der Waals surface area contributed by atoms with Crippen LogP contribution in [-0.4, -0.2) is 46.2 Å². The van der Waals surface area contributed by atoms with Crippen molar-refractivity contribution in [2.75, 3.05) is 7.11 Å². The molecular formula is C44H50F4N2O7. The summed E-state index contributed by atoms with van der Waals surface area (Å²) >= 11 is 0. The van der Waals surface area contributed by atoms with Crippen LogP contribution in [0.25, 0.3) is 10.9 Å². The van der Waals surface area contributed by atoms with Gasteiger partial charge in [-0.15, -0.1) is 0 Å². The van der Waals surface area contributed by atoms with Crippen molar-refractivity contribution < 1.29 is 51.3 Å². The van der Waals surface area contributed by atoms with Crippen LogP contribution in [0.1, 0.15) is 87.7 Å². The molecule has 5 rings (SSSR count). The first-order chi connectivity index (χ1) is 27.0. The number of phenols is 1. The summed E-state index contributed by atoms with van der Waals surface area (Å²) in [6.45, 7) is 7.14. The number of fused-ring (bicyclic) bond motifs is 3. The van der Waals surface area contributed by atoms with E-state index in [1.807, 2.05) is 20.8 Å². The smallest absolute Gasteiger partial charge is 0.418 e. The van der Waals surface area contributed by atoms with Gasteiger partial charge in [-0.2, -0.15) is 13.2 Å². The maximum absolute atomic E-state index is 14.9. The maximum atomic E-state index is 14.9. The van der Waals surface area contributed by atoms with Gasteiger partial charge in [0.15, 0.2) is 17.3 Å². The summed E-state index contributed by atoms with van der Waals surface area (Å²) < 4.78 is 67.5. The molecule has 2 unspecified atom stereocenters. The summed E-state index contributed by atoms with van der Waals surface area (Å²) in [5, 5.41) is 13.5. The number of carbonyl (C=O) groups excluding carboxylic acids is 4. The predicted molar refractivity (Wildman–Crippen MR) is 206 cm³/mol. The molecule has 1 aliphatic rings. The highest BCUT2D eigenvalue weighted by atomic mass is 19.4. The highest BCUT2D eigenvalue weighted by molar-refractivity contribution is 5.98. The van der Waals surface area contributed by atoms with E-state index in [2.05, 4.69) is 10.3 Å². The van der Waals surface area contributed by atoms with Crippen LogP contribution in [0.3, 0.4) is 0 Å². The molecule has 0 fully saturated rings. The number of aromatic amines is 1. The van der Waals surface area contributed by atoms with Crippen LogP contribution in [0.15, 0.2) is 60.7 Å². The number of alkyl halides is 3. The van der Waals surface area contributed by atoms with Gasteiger partial charge in [-0.1, -0.05) is 76.9 Å². The third kappa shape index (κ3) is 9.68. The van der Waals surface area contributed by atoms with Crippen LogP contribution >= 0.6 is 0 Å². The molecule has 0 aliphatic heterocycles. The van der Waals surface area contributed by atoms with E-state index in [1.165, 1.54) is 43.5 Å². The van der Waals surface area contributed by atoms with Crippen LogP contribution < -0.4 is 10.1 Å². The molecule has 3 N–H and O–H groups in total. The lowest BCUT2D eigenvalue weighted by Gasteiger charge is -2.39. The zero-order valence-electron chi connectivity index (χ0n) is 32.9. The maximum Gasteiger partial charge on any atom is 0.418 e. The second-order valence-corrected chi connectivity index (χ2v) is 15.3. The van der Waals surface area contributed by atoms with Gasteiger partial charge in [0.2, 0.25) is 5.91 Å². The second-order valence-electron chi connectivity index (χ2n) is 15.3. The Balaban J connectivity index is 1.48. The van der Waals surface area contributed by atoms with E-state index in [-0.39, 0.29) is 90.7 Å². The number of Topliss-reactive ketones (excluding diaryl/α,β-unsaturated/α-hetero) is 2. The van der Waals surface area contributed by atoms with E-state index in [0.717, 1.165) is 6.07 Å². The highest BCUT2D eigenvalue weighted by Gasteiger charge is 2.47. The number of ketones is 2. The number of rotatable bonds is 17. The number of carbonyl (C=O) groups is 4. The Morgan fingerprint density at radius 1 is 0.947 bits per heavy atom. The van der Waals surface area contributed by atoms with Gasteiger partial charge in [-0.05, 0) is 65.6 Å². The number of nitrogens with one attached hydrogen (secondary N) is 2. The van der Waals surface area contributed by atoms with Gasteiger partial charge in [0.25, 0.3) is 0 Å². The van der Waals surface area contributed by atoms with Crippen molar-refractivity contribution in [3.8, 4) is 11.5 Å². The number of amides is 1. The molecule has 0 saturated carbocycles. The van der Waals surface area contributed by atoms with Crippen LogP contribution in [0.4, 0.5) is 17.6 Å². The number of hydrogen-bond acceptors (Lipinski definition) is 7. The SMILES string of the molecule is CCC(C)[C@H](CC(=O)Cc1ccccc1F)C(=O)N[C@]1(C(=O)C[C@@H](C(=O)OCc2ccc(OC)c(O)c2)C(C)CC)CCc2[nH]c3c(C(F)(F)F)cccc3c2C1. The Morgan fingerprint density at radius 3 is 2.30 bits per heavy atom. The largest absolute Gasteiger partial charge is 0.504 e. The second kappa shape index (κ2) is 17.9. The number of H-pyrrole nitrogens is 1. The molecule has 1 heterocycles. The molecule has 0 bridgehead atoms. The first-order valence-electron chi connectivity index (χ1n) is 19.3. The summed E-state index contributed by atoms with van der Waals surface area (Å²) in [4.78, 5) is 59.4. The number of aryl methyl sites for hydroxylation is 1. The monoisotopic (exact) mass is 794 g/mol. The van der Waals surface area contributed by atoms with Gasteiger partial charge in [0, 0.05) is 42.7 Å². The fourth-order valence-corrected chi connectivity index (χ4v) is 7.74. The lowest BCUT2D eigenvalue weighted by molar-refractivity contribution is -0.154. The van der Waals surface area contributed by atoms with E-state index in [9.17, 15) is 41.8 Å².